The molecule has 0 saturated carbocycles. The van der Waals surface area contributed by atoms with Gasteiger partial charge in [-0.1, -0.05) is 42.5 Å². The van der Waals surface area contributed by atoms with Gasteiger partial charge in [0.2, 0.25) is 0 Å². The van der Waals surface area contributed by atoms with Crippen LogP contribution in [0.5, 0.6) is 23.0 Å². The van der Waals surface area contributed by atoms with E-state index in [0.29, 0.717) is 37.3 Å². The molecular formula is C49H47N7O10. The lowest BCUT2D eigenvalue weighted by Crippen LogP contribution is -2.25. The van der Waals surface area contributed by atoms with Gasteiger partial charge < -0.3 is 39.0 Å². The molecule has 0 saturated heterocycles. The highest BCUT2D eigenvalue weighted by atomic mass is 16.6. The van der Waals surface area contributed by atoms with E-state index in [9.17, 15) is 30.4 Å². The zero-order valence-electron chi connectivity index (χ0n) is 36.6. The van der Waals surface area contributed by atoms with E-state index >= 15 is 0 Å². The second kappa shape index (κ2) is 21.0. The summed E-state index contributed by atoms with van der Waals surface area (Å²) in [6.07, 6.45) is 0.781. The number of aliphatic hydroxyl groups is 2. The van der Waals surface area contributed by atoms with Crippen molar-refractivity contribution in [1.82, 2.24) is 15.0 Å². The Morgan fingerprint density at radius 1 is 0.500 bits per heavy atom. The van der Waals surface area contributed by atoms with Crippen LogP contribution in [0, 0.1) is 20.2 Å². The van der Waals surface area contributed by atoms with Gasteiger partial charge in [-0.2, -0.15) is 0 Å². The van der Waals surface area contributed by atoms with Crippen molar-refractivity contribution >= 4 is 22.7 Å². The van der Waals surface area contributed by atoms with Crippen molar-refractivity contribution in [3.8, 4) is 23.0 Å². The van der Waals surface area contributed by atoms with E-state index in [2.05, 4.69) is 19.8 Å². The first-order valence-corrected chi connectivity index (χ1v) is 20.6. The third-order valence-electron chi connectivity index (χ3n) is 10.9. The topological polar surface area (TPSA) is 209 Å². The molecule has 2 N–H and O–H groups in total. The normalized spacial score (nSPS) is 11.8. The van der Waals surface area contributed by atoms with Gasteiger partial charge in [0.05, 0.1) is 111 Å². The van der Waals surface area contributed by atoms with Crippen molar-refractivity contribution in [1.29, 1.82) is 0 Å². The van der Waals surface area contributed by atoms with Crippen molar-refractivity contribution in [2.75, 3.05) is 38.2 Å². The number of hydrogen-bond acceptors (Lipinski definition) is 15. The molecule has 0 bridgehead atoms. The minimum Gasteiger partial charge on any atom is -0.493 e. The molecule has 0 aliphatic carbocycles. The Morgan fingerprint density at radius 3 is 1.18 bits per heavy atom. The number of nitrogens with zero attached hydrogens (tertiary/aromatic N) is 7. The molecule has 0 aliphatic rings. The average molecular weight is 894 g/mol. The zero-order chi connectivity index (χ0) is 46.7. The molecule has 0 fully saturated rings. The molecule has 3 heterocycles. The summed E-state index contributed by atoms with van der Waals surface area (Å²) in [6, 6.07) is 36.8. The predicted octanol–water partition coefficient (Wildman–Crippen LogP) is 8.30. The number of ether oxygens (including phenoxy) is 4. The Bertz CT molecular complexity index is 2580. The minimum absolute atomic E-state index is 0.0586. The molecule has 17 nitrogen and oxygen atoms in total. The third kappa shape index (κ3) is 10.6. The molecule has 0 aliphatic heterocycles. The van der Waals surface area contributed by atoms with Crippen LogP contribution in [-0.4, -0.2) is 63.5 Å². The molecule has 4 aromatic carbocycles. The molecule has 3 aromatic heterocycles. The number of benzene rings is 4. The lowest BCUT2D eigenvalue weighted by atomic mass is 9.98. The standard InChI is InChI=1S/C49H47N7O10/c1-63-44-24-40(42(55(59)60)26-46(44)65-3)48(57)32-14-18-38(19-15-32)53(28-34-10-5-7-22-50-34)30-36-12-9-13-37(52-36)31-54(29-35-11-6-8-23-51-35)39-20-16-33(17-21-39)49(58)41-25-45(64-2)47(66-4)27-43(41)56(61)62/h5-27,48-49,57-58H,28-31H2,1-4H3. The predicted molar refractivity (Wildman–Crippen MR) is 246 cm³/mol. The first-order chi connectivity index (χ1) is 32.0. The zero-order valence-corrected chi connectivity index (χ0v) is 36.6. The molecule has 17 heteroatoms. The quantitative estimate of drug-likeness (QED) is 0.0545. The van der Waals surface area contributed by atoms with Crippen LogP contribution in [0.4, 0.5) is 22.7 Å². The van der Waals surface area contributed by atoms with Gasteiger partial charge in [-0.05, 0) is 83.9 Å². The van der Waals surface area contributed by atoms with Crippen molar-refractivity contribution in [3.63, 3.8) is 0 Å². The number of nitro groups is 2. The number of aromatic nitrogens is 3. The van der Waals surface area contributed by atoms with Crippen molar-refractivity contribution < 1.29 is 39.0 Å². The molecule has 7 rings (SSSR count). The van der Waals surface area contributed by atoms with Crippen LogP contribution < -0.4 is 28.7 Å². The summed E-state index contributed by atoms with van der Waals surface area (Å²) >= 11 is 0. The Hall–Kier alpha value is -8.15. The molecule has 0 spiro atoms. The average Bonchev–Trinajstić information content (AvgIpc) is 3.35. The Morgan fingerprint density at radius 2 is 0.848 bits per heavy atom. The number of pyridine rings is 3. The maximum Gasteiger partial charge on any atom is 0.279 e. The van der Waals surface area contributed by atoms with Gasteiger partial charge in [0.25, 0.3) is 11.4 Å². The fourth-order valence-corrected chi connectivity index (χ4v) is 7.56. The molecule has 7 aromatic rings. The van der Waals surface area contributed by atoms with Gasteiger partial charge in [-0.25, -0.2) is 0 Å². The Kier molecular flexibility index (Phi) is 14.6. The van der Waals surface area contributed by atoms with Crippen molar-refractivity contribution in [2.45, 2.75) is 38.4 Å². The van der Waals surface area contributed by atoms with Gasteiger partial charge in [0.1, 0.15) is 12.2 Å². The van der Waals surface area contributed by atoms with Crippen molar-refractivity contribution in [2.24, 2.45) is 0 Å². The first-order valence-electron chi connectivity index (χ1n) is 20.6. The highest BCUT2D eigenvalue weighted by molar-refractivity contribution is 5.59. The molecule has 0 amide bonds. The van der Waals surface area contributed by atoms with Gasteiger partial charge in [-0.3, -0.25) is 35.2 Å². The SMILES string of the molecule is COc1cc(C(O)c2ccc(N(Cc3ccccn3)Cc3cccc(CN(Cc4ccccn4)c4ccc(C(O)c5cc(OC)c(OC)cc5[N+](=O)[O-])cc4)n3)cc2)c([N+](=O)[O-])cc1OC. The number of aliphatic hydroxyl groups excluding tert-OH is 2. The second-order valence-electron chi connectivity index (χ2n) is 15.0. The van der Waals surface area contributed by atoms with E-state index in [0.717, 1.165) is 34.2 Å². The number of rotatable bonds is 20. The summed E-state index contributed by atoms with van der Waals surface area (Å²) in [5.41, 5.74) is 5.13. The Labute approximate surface area is 380 Å². The largest absolute Gasteiger partial charge is 0.493 e. The molecule has 2 atom stereocenters. The van der Waals surface area contributed by atoms with E-state index in [-0.39, 0.29) is 45.5 Å². The molecule has 2 unspecified atom stereocenters. The number of anilines is 2. The number of nitro benzene ring substituents is 2. The molecular weight excluding hydrogens is 847 g/mol. The highest BCUT2D eigenvalue weighted by Crippen LogP contribution is 2.41. The van der Waals surface area contributed by atoms with Crippen LogP contribution in [0.3, 0.4) is 0 Å². The lowest BCUT2D eigenvalue weighted by molar-refractivity contribution is -0.386. The van der Waals surface area contributed by atoms with Crippen LogP contribution >= 0.6 is 0 Å². The van der Waals surface area contributed by atoms with E-state index < -0.39 is 22.1 Å². The summed E-state index contributed by atoms with van der Waals surface area (Å²) in [6.45, 7) is 1.60. The monoisotopic (exact) mass is 893 g/mol. The van der Waals surface area contributed by atoms with Crippen LogP contribution in [-0.2, 0) is 26.2 Å². The summed E-state index contributed by atoms with van der Waals surface area (Å²) in [4.78, 5) is 41.4. The molecule has 66 heavy (non-hydrogen) atoms. The highest BCUT2D eigenvalue weighted by Gasteiger charge is 2.28. The molecule has 338 valence electrons. The van der Waals surface area contributed by atoms with Crippen LogP contribution in [0.25, 0.3) is 0 Å². The van der Waals surface area contributed by atoms with Crippen LogP contribution in [0.1, 0.15) is 57.2 Å². The number of hydrogen-bond donors (Lipinski definition) is 2. The van der Waals surface area contributed by atoms with E-state index in [1.54, 1.807) is 36.7 Å². The van der Waals surface area contributed by atoms with Crippen molar-refractivity contribution in [3.05, 3.63) is 205 Å². The number of methoxy groups -OCH3 is 4. The van der Waals surface area contributed by atoms with Crippen LogP contribution in [0.15, 0.2) is 140 Å². The fraction of sp³-hybridized carbons (Fsp3) is 0.204. The lowest BCUT2D eigenvalue weighted by Gasteiger charge is -2.27. The molecule has 0 radical (unpaired) electrons. The smallest absolute Gasteiger partial charge is 0.279 e. The first kappa shape index (κ1) is 45.9. The minimum atomic E-state index is -1.34. The fourth-order valence-electron chi connectivity index (χ4n) is 7.56. The van der Waals surface area contributed by atoms with Gasteiger partial charge in [0, 0.05) is 23.8 Å². The van der Waals surface area contributed by atoms with Gasteiger partial charge in [-0.15, -0.1) is 0 Å². The van der Waals surface area contributed by atoms with E-state index in [1.165, 1.54) is 52.7 Å². The summed E-state index contributed by atoms with van der Waals surface area (Å²) < 4.78 is 21.3. The van der Waals surface area contributed by atoms with Gasteiger partial charge >= 0.3 is 0 Å². The van der Waals surface area contributed by atoms with E-state index in [1.807, 2.05) is 78.9 Å². The maximum atomic E-state index is 12.0. The third-order valence-corrected chi connectivity index (χ3v) is 10.9. The summed E-state index contributed by atoms with van der Waals surface area (Å²) in [7, 11) is 5.61. The van der Waals surface area contributed by atoms with Crippen LogP contribution in [0.2, 0.25) is 0 Å². The maximum absolute atomic E-state index is 12.0. The van der Waals surface area contributed by atoms with E-state index in [4.69, 9.17) is 23.9 Å². The Balaban J connectivity index is 1.15. The second-order valence-corrected chi connectivity index (χ2v) is 15.0. The summed E-state index contributed by atoms with van der Waals surface area (Å²) in [5, 5.41) is 47.0. The summed E-state index contributed by atoms with van der Waals surface area (Å²) in [5.74, 6) is 0.850. The van der Waals surface area contributed by atoms with Gasteiger partial charge in [0.15, 0.2) is 23.0 Å².